The summed E-state index contributed by atoms with van der Waals surface area (Å²) in [6.07, 6.45) is 1.93. The fourth-order valence-corrected chi connectivity index (χ4v) is 0.764. The molecule has 0 aliphatic carbocycles. The Morgan fingerprint density at radius 1 is 1.33 bits per heavy atom. The fourth-order valence-electron chi connectivity index (χ4n) is 0.764. The molecule has 0 aromatic heterocycles. The van der Waals surface area contributed by atoms with Crippen molar-refractivity contribution in [1.82, 2.24) is 0 Å². The predicted molar refractivity (Wildman–Crippen MR) is 59.1 cm³/mol. The van der Waals surface area contributed by atoms with Crippen LogP contribution in [0.3, 0.4) is 0 Å². The second-order valence-corrected chi connectivity index (χ2v) is 3.15. The number of unbranched alkanes of at least 4 members (excludes halogenated alkanes) is 1. The Hall–Kier alpha value is -0.805. The van der Waals surface area contributed by atoms with Gasteiger partial charge in [0, 0.05) is 18.8 Å². The third kappa shape index (κ3) is 7.16. The highest BCUT2D eigenvalue weighted by atomic mass is 16.7. The maximum atomic E-state index is 11.2. The van der Waals surface area contributed by atoms with Gasteiger partial charge in [-0.05, 0) is 20.3 Å². The van der Waals surface area contributed by atoms with E-state index in [1.165, 1.54) is 0 Å². The molecule has 5 heteroatoms. The minimum Gasteiger partial charge on any atom is -0.481 e. The quantitative estimate of drug-likeness (QED) is 0.352. The topological polar surface area (TPSA) is 44.8 Å². The summed E-state index contributed by atoms with van der Waals surface area (Å²) in [5.41, 5.74) is 0.332. The van der Waals surface area contributed by atoms with Crippen LogP contribution >= 0.6 is 0 Å². The van der Waals surface area contributed by atoms with Crippen molar-refractivity contribution >= 4 is 13.3 Å². The molecule has 0 saturated carbocycles. The molecule has 0 aliphatic rings. The van der Waals surface area contributed by atoms with Gasteiger partial charge >= 0.3 is 13.3 Å². The molecule has 0 N–H and O–H groups in total. The lowest BCUT2D eigenvalue weighted by Crippen LogP contribution is -2.30. The van der Waals surface area contributed by atoms with Crippen LogP contribution in [0.5, 0.6) is 0 Å². The van der Waals surface area contributed by atoms with E-state index in [4.69, 9.17) is 14.0 Å². The lowest BCUT2D eigenvalue weighted by molar-refractivity contribution is -0.133. The number of rotatable bonds is 8. The monoisotopic (exact) mass is 214 g/mol. The largest absolute Gasteiger partial charge is 0.715 e. The summed E-state index contributed by atoms with van der Waals surface area (Å²) < 4.78 is 15.3. The van der Waals surface area contributed by atoms with Gasteiger partial charge in [-0.15, -0.1) is 0 Å². The molecule has 4 nitrogen and oxygen atoms in total. The summed E-state index contributed by atoms with van der Waals surface area (Å²) in [6, 6.07) is 0. The maximum absolute atomic E-state index is 11.2. The minimum atomic E-state index is -0.911. The van der Waals surface area contributed by atoms with Crippen molar-refractivity contribution in [3.05, 3.63) is 12.2 Å². The fraction of sp³-hybridized carbons (Fsp3) is 0.700. The first-order chi connectivity index (χ1) is 7.11. The van der Waals surface area contributed by atoms with Crippen LogP contribution in [0.15, 0.2) is 12.2 Å². The van der Waals surface area contributed by atoms with E-state index in [1.807, 2.05) is 6.92 Å². The standard InChI is InChI=1S/C10H19BO4/c1-5-7-8-14-11(13-6-2)15-10(12)9(3)4/h3,5-8H2,1-2,4H3. The van der Waals surface area contributed by atoms with Gasteiger partial charge < -0.3 is 14.0 Å². The van der Waals surface area contributed by atoms with Gasteiger partial charge in [0.25, 0.3) is 0 Å². The molecule has 0 bridgehead atoms. The molecule has 0 aromatic rings. The SMILES string of the molecule is C=C(C)C(=O)OB(OCC)OCCCC. The lowest BCUT2D eigenvalue weighted by atomic mass is 10.2. The van der Waals surface area contributed by atoms with Crippen LogP contribution in [-0.4, -0.2) is 26.5 Å². The zero-order chi connectivity index (χ0) is 11.7. The van der Waals surface area contributed by atoms with Gasteiger partial charge in [0.2, 0.25) is 0 Å². The van der Waals surface area contributed by atoms with Crippen LogP contribution in [0.25, 0.3) is 0 Å². The van der Waals surface area contributed by atoms with Gasteiger partial charge in [-0.2, -0.15) is 0 Å². The van der Waals surface area contributed by atoms with Crippen LogP contribution in [0.1, 0.15) is 33.6 Å². The first-order valence-corrected chi connectivity index (χ1v) is 5.21. The molecule has 0 atom stereocenters. The first kappa shape index (κ1) is 14.2. The molecule has 0 amide bonds. The van der Waals surface area contributed by atoms with Gasteiger partial charge in [-0.1, -0.05) is 19.9 Å². The van der Waals surface area contributed by atoms with E-state index in [9.17, 15) is 4.79 Å². The zero-order valence-electron chi connectivity index (χ0n) is 9.75. The Morgan fingerprint density at radius 3 is 2.47 bits per heavy atom. The molecule has 0 heterocycles. The molecular formula is C10H19BO4. The van der Waals surface area contributed by atoms with Crippen LogP contribution < -0.4 is 0 Å². The Morgan fingerprint density at radius 2 is 2.00 bits per heavy atom. The van der Waals surface area contributed by atoms with Gasteiger partial charge in [-0.3, -0.25) is 0 Å². The van der Waals surface area contributed by atoms with Crippen LogP contribution in [0.2, 0.25) is 0 Å². The predicted octanol–water partition coefficient (Wildman–Crippen LogP) is 1.94. The van der Waals surface area contributed by atoms with Crippen molar-refractivity contribution < 1.29 is 18.8 Å². The molecule has 0 radical (unpaired) electrons. The van der Waals surface area contributed by atoms with Crippen LogP contribution in [0, 0.1) is 0 Å². The molecule has 0 spiro atoms. The minimum absolute atomic E-state index is 0.332. The van der Waals surface area contributed by atoms with E-state index in [2.05, 4.69) is 13.5 Å². The number of carbonyl (C=O) groups is 1. The van der Waals surface area contributed by atoms with E-state index < -0.39 is 13.3 Å². The van der Waals surface area contributed by atoms with E-state index in [0.717, 1.165) is 12.8 Å². The highest BCUT2D eigenvalue weighted by molar-refractivity contribution is 6.39. The summed E-state index contributed by atoms with van der Waals surface area (Å²) in [4.78, 5) is 11.2. The second kappa shape index (κ2) is 8.50. The molecule has 86 valence electrons. The van der Waals surface area contributed by atoms with Gasteiger partial charge in [0.1, 0.15) is 0 Å². The molecule has 0 aromatic carbocycles. The summed E-state index contributed by atoms with van der Waals surface area (Å²) in [6.45, 7) is 9.87. The van der Waals surface area contributed by atoms with Crippen molar-refractivity contribution in [2.75, 3.05) is 13.2 Å². The van der Waals surface area contributed by atoms with Gasteiger partial charge in [-0.25, -0.2) is 4.79 Å². The second-order valence-electron chi connectivity index (χ2n) is 3.15. The normalized spacial score (nSPS) is 9.80. The Balaban J connectivity index is 3.91. The van der Waals surface area contributed by atoms with E-state index >= 15 is 0 Å². The summed E-state index contributed by atoms with van der Waals surface area (Å²) in [5.74, 6) is -0.495. The van der Waals surface area contributed by atoms with Crippen LogP contribution in [-0.2, 0) is 18.8 Å². The number of hydrogen-bond donors (Lipinski definition) is 0. The van der Waals surface area contributed by atoms with Crippen molar-refractivity contribution in [3.63, 3.8) is 0 Å². The van der Waals surface area contributed by atoms with E-state index in [1.54, 1.807) is 6.92 Å². The average Bonchev–Trinajstić information content (AvgIpc) is 2.18. The third-order valence-corrected chi connectivity index (χ3v) is 1.61. The molecule has 15 heavy (non-hydrogen) atoms. The average molecular weight is 214 g/mol. The maximum Gasteiger partial charge on any atom is 0.715 e. The highest BCUT2D eigenvalue weighted by Gasteiger charge is 2.25. The van der Waals surface area contributed by atoms with Gasteiger partial charge in [0.15, 0.2) is 0 Å². The Kier molecular flexibility index (Phi) is 8.04. The van der Waals surface area contributed by atoms with Crippen molar-refractivity contribution in [2.45, 2.75) is 33.6 Å². The number of carbonyl (C=O) groups excluding carboxylic acids is 1. The molecule has 0 aliphatic heterocycles. The zero-order valence-corrected chi connectivity index (χ0v) is 9.75. The molecule has 0 unspecified atom stereocenters. The van der Waals surface area contributed by atoms with Crippen molar-refractivity contribution in [3.8, 4) is 0 Å². The van der Waals surface area contributed by atoms with E-state index in [0.29, 0.717) is 18.8 Å². The Labute approximate surface area is 91.8 Å². The first-order valence-electron chi connectivity index (χ1n) is 5.21. The van der Waals surface area contributed by atoms with Crippen molar-refractivity contribution in [1.29, 1.82) is 0 Å². The van der Waals surface area contributed by atoms with E-state index in [-0.39, 0.29) is 0 Å². The lowest BCUT2D eigenvalue weighted by Gasteiger charge is -2.12. The van der Waals surface area contributed by atoms with Gasteiger partial charge in [0.05, 0.1) is 0 Å². The molecule has 0 rings (SSSR count). The Bertz CT molecular complexity index is 206. The molecular weight excluding hydrogens is 195 g/mol. The van der Waals surface area contributed by atoms with Crippen LogP contribution in [0.4, 0.5) is 0 Å². The smallest absolute Gasteiger partial charge is 0.481 e. The third-order valence-electron chi connectivity index (χ3n) is 1.61. The molecule has 0 saturated heterocycles. The summed E-state index contributed by atoms with van der Waals surface area (Å²) in [7, 11) is -0.911. The van der Waals surface area contributed by atoms with Crippen molar-refractivity contribution in [2.24, 2.45) is 0 Å². The summed E-state index contributed by atoms with van der Waals surface area (Å²) >= 11 is 0. The summed E-state index contributed by atoms with van der Waals surface area (Å²) in [5, 5.41) is 0. The molecule has 0 fully saturated rings. The highest BCUT2D eigenvalue weighted by Crippen LogP contribution is 2.00. The number of hydrogen-bond acceptors (Lipinski definition) is 4.